The van der Waals surface area contributed by atoms with Gasteiger partial charge in [0.1, 0.15) is 6.04 Å². The van der Waals surface area contributed by atoms with Gasteiger partial charge in [-0.15, -0.1) is 0 Å². The zero-order chi connectivity index (χ0) is 21.8. The molecule has 0 unspecified atom stereocenters. The van der Waals surface area contributed by atoms with Crippen molar-refractivity contribution in [3.63, 3.8) is 0 Å². The van der Waals surface area contributed by atoms with E-state index in [0.717, 1.165) is 5.56 Å². The Balaban J connectivity index is 3.14. The molecule has 28 heavy (non-hydrogen) atoms. The van der Waals surface area contributed by atoms with E-state index in [2.05, 4.69) is 0 Å². The average molecular weight is 412 g/mol. The van der Waals surface area contributed by atoms with Gasteiger partial charge in [0.05, 0.1) is 16.8 Å². The van der Waals surface area contributed by atoms with Crippen molar-refractivity contribution < 1.29 is 22.5 Å². The Morgan fingerprint density at radius 1 is 0.857 bits per heavy atom. The fraction of sp³-hybridized carbons (Fsp3) is 0.667. The second-order valence-electron chi connectivity index (χ2n) is 9.86. The summed E-state index contributed by atoms with van der Waals surface area (Å²) in [5.41, 5.74) is 5.14. The molecule has 2 N–H and O–H groups in total. The molecule has 0 spiro atoms. The number of hydrogen-bond acceptors (Lipinski definition) is 6. The van der Waals surface area contributed by atoms with Crippen LogP contribution in [0.25, 0.3) is 0 Å². The molecular weight excluding hydrogens is 374 g/mol. The van der Waals surface area contributed by atoms with Gasteiger partial charge >= 0.3 is 15.0 Å². The number of nitrogens with two attached hydrogens (primary N) is 1. The quantitative estimate of drug-likeness (QED) is 0.684. The van der Waals surface area contributed by atoms with E-state index in [9.17, 15) is 4.79 Å². The molecule has 1 aromatic carbocycles. The van der Waals surface area contributed by atoms with Gasteiger partial charge < -0.3 is 23.4 Å². The van der Waals surface area contributed by atoms with Gasteiger partial charge in [0.2, 0.25) is 0 Å². The molecule has 1 rings (SSSR count). The monoisotopic (exact) mass is 411 g/mol. The van der Waals surface area contributed by atoms with Gasteiger partial charge in [-0.1, -0.05) is 30.3 Å². The number of benzene rings is 1. The minimum atomic E-state index is -3.87. The van der Waals surface area contributed by atoms with Crippen molar-refractivity contribution in [2.45, 2.75) is 91.6 Å². The molecule has 7 heteroatoms. The first kappa shape index (κ1) is 24.8. The van der Waals surface area contributed by atoms with Gasteiger partial charge in [0.15, 0.2) is 0 Å². The van der Waals surface area contributed by atoms with Crippen LogP contribution in [0.2, 0.25) is 0 Å². The van der Waals surface area contributed by atoms with Gasteiger partial charge in [0, 0.05) is 0 Å². The van der Waals surface area contributed by atoms with Crippen LogP contribution < -0.4 is 5.73 Å². The van der Waals surface area contributed by atoms with E-state index in [1.165, 1.54) is 0 Å². The van der Waals surface area contributed by atoms with Crippen LogP contribution in [0.15, 0.2) is 30.3 Å². The van der Waals surface area contributed by atoms with Crippen LogP contribution in [0, 0.1) is 0 Å². The SMILES string of the molecule is CC(C)(C)O[Si](OC(=O)[C@@H](N)Cc1ccccc1)(OC(C)(C)C)OC(C)(C)C. The van der Waals surface area contributed by atoms with Crippen molar-refractivity contribution in [1.29, 1.82) is 0 Å². The Bertz CT molecular complexity index is 588. The molecule has 0 saturated carbocycles. The molecule has 0 aromatic heterocycles. The lowest BCUT2D eigenvalue weighted by Crippen LogP contribution is -2.61. The highest BCUT2D eigenvalue weighted by atomic mass is 28.4. The summed E-state index contributed by atoms with van der Waals surface area (Å²) < 4.78 is 24.2. The molecule has 0 saturated heterocycles. The van der Waals surface area contributed by atoms with Crippen LogP contribution in [0.1, 0.15) is 67.9 Å². The molecule has 1 aromatic rings. The third-order valence-electron chi connectivity index (χ3n) is 3.12. The van der Waals surface area contributed by atoms with E-state index in [4.69, 9.17) is 23.4 Å². The van der Waals surface area contributed by atoms with Crippen molar-refractivity contribution in [2.75, 3.05) is 0 Å². The maximum absolute atomic E-state index is 12.9. The third kappa shape index (κ3) is 9.79. The number of carbonyl (C=O) groups is 1. The van der Waals surface area contributed by atoms with Gasteiger partial charge in [-0.25, -0.2) is 0 Å². The van der Waals surface area contributed by atoms with Crippen molar-refractivity contribution in [1.82, 2.24) is 0 Å². The minimum Gasteiger partial charge on any atom is -0.451 e. The van der Waals surface area contributed by atoms with Crippen molar-refractivity contribution in [2.24, 2.45) is 5.73 Å². The fourth-order valence-corrected chi connectivity index (χ4v) is 5.30. The lowest BCUT2D eigenvalue weighted by molar-refractivity contribution is -0.163. The van der Waals surface area contributed by atoms with Gasteiger partial charge in [-0.2, -0.15) is 0 Å². The highest BCUT2D eigenvalue weighted by molar-refractivity contribution is 6.56. The summed E-state index contributed by atoms with van der Waals surface area (Å²) in [6.07, 6.45) is 0.352. The van der Waals surface area contributed by atoms with Crippen LogP contribution in [0.4, 0.5) is 0 Å². The van der Waals surface area contributed by atoms with Gasteiger partial charge in [0.25, 0.3) is 0 Å². The zero-order valence-corrected chi connectivity index (χ0v) is 19.8. The first-order valence-corrected chi connectivity index (χ1v) is 11.3. The molecule has 0 aliphatic carbocycles. The van der Waals surface area contributed by atoms with Crippen LogP contribution in [-0.4, -0.2) is 37.9 Å². The minimum absolute atomic E-state index is 0.352. The lowest BCUT2D eigenvalue weighted by Gasteiger charge is -2.40. The summed E-state index contributed by atoms with van der Waals surface area (Å²) in [7, 11) is -3.87. The Morgan fingerprint density at radius 2 is 1.25 bits per heavy atom. The summed E-state index contributed by atoms with van der Waals surface area (Å²) in [5, 5.41) is 0. The third-order valence-corrected chi connectivity index (χ3v) is 6.16. The molecule has 0 bridgehead atoms. The number of carbonyl (C=O) groups excluding carboxylic acids is 1. The second-order valence-corrected chi connectivity index (χ2v) is 11.7. The van der Waals surface area contributed by atoms with Crippen molar-refractivity contribution >= 4 is 15.0 Å². The molecule has 6 nitrogen and oxygen atoms in total. The summed E-state index contributed by atoms with van der Waals surface area (Å²) in [6.45, 7) is 16.8. The van der Waals surface area contributed by atoms with Gasteiger partial charge in [-0.3, -0.25) is 4.79 Å². The van der Waals surface area contributed by atoms with Crippen LogP contribution in [-0.2, 0) is 28.9 Å². The molecular formula is C21H37NO5Si. The average Bonchev–Trinajstić information content (AvgIpc) is 2.41. The maximum atomic E-state index is 12.9. The Morgan fingerprint density at radius 3 is 1.61 bits per heavy atom. The number of rotatable bonds is 7. The molecule has 0 aliphatic heterocycles. The summed E-state index contributed by atoms with van der Waals surface area (Å²) in [4.78, 5) is 12.9. The van der Waals surface area contributed by atoms with Crippen LogP contribution in [0.5, 0.6) is 0 Å². The molecule has 0 amide bonds. The highest BCUT2D eigenvalue weighted by Crippen LogP contribution is 2.30. The van der Waals surface area contributed by atoms with E-state index in [1.54, 1.807) is 0 Å². The molecule has 1 atom stereocenters. The van der Waals surface area contributed by atoms with Gasteiger partial charge in [-0.05, 0) is 74.3 Å². The predicted octanol–water partition coefficient (Wildman–Crippen LogP) is 3.98. The van der Waals surface area contributed by atoms with Crippen molar-refractivity contribution in [3.8, 4) is 0 Å². The van der Waals surface area contributed by atoms with Crippen molar-refractivity contribution in [3.05, 3.63) is 35.9 Å². The van der Waals surface area contributed by atoms with Crippen LogP contribution >= 0.6 is 0 Å². The maximum Gasteiger partial charge on any atom is 0.752 e. The predicted molar refractivity (Wildman–Crippen MR) is 112 cm³/mol. The molecule has 160 valence electrons. The first-order chi connectivity index (χ1) is 12.5. The first-order valence-electron chi connectivity index (χ1n) is 9.63. The Hall–Kier alpha value is -1.25. The zero-order valence-electron chi connectivity index (χ0n) is 18.8. The standard InChI is InChI=1S/C21H37NO5Si/c1-19(2,3)25-28(26-20(4,5)6,27-21(7,8)9)24-18(23)17(22)15-16-13-11-10-12-14-16/h10-14,17H,15,22H2,1-9H3/t17-/m0/s1. The van der Waals surface area contributed by atoms with E-state index >= 15 is 0 Å². The van der Waals surface area contributed by atoms with E-state index in [1.807, 2.05) is 92.6 Å². The molecule has 0 fully saturated rings. The highest BCUT2D eigenvalue weighted by Gasteiger charge is 2.58. The largest absolute Gasteiger partial charge is 0.752 e. The van der Waals surface area contributed by atoms with E-state index < -0.39 is 37.9 Å². The van der Waals surface area contributed by atoms with Crippen LogP contribution in [0.3, 0.4) is 0 Å². The van der Waals surface area contributed by atoms with E-state index in [0.29, 0.717) is 6.42 Å². The second kappa shape index (κ2) is 9.05. The summed E-state index contributed by atoms with van der Waals surface area (Å²) in [5.74, 6) is -0.603. The summed E-state index contributed by atoms with van der Waals surface area (Å²) in [6, 6.07) is 8.70. The molecule has 0 radical (unpaired) electrons. The fourth-order valence-electron chi connectivity index (χ4n) is 2.40. The summed E-state index contributed by atoms with van der Waals surface area (Å²) >= 11 is 0. The molecule has 0 heterocycles. The topological polar surface area (TPSA) is 80.0 Å². The Kier molecular flexibility index (Phi) is 8.01. The smallest absolute Gasteiger partial charge is 0.451 e. The van der Waals surface area contributed by atoms with E-state index in [-0.39, 0.29) is 0 Å². The number of hydrogen-bond donors (Lipinski definition) is 1. The lowest BCUT2D eigenvalue weighted by atomic mass is 10.1. The normalized spacial score (nSPS) is 14.6. The Labute approximate surface area is 171 Å². The molecule has 0 aliphatic rings.